The smallest absolute Gasteiger partial charge is 0.420 e. The molecule has 0 radical (unpaired) electrons. The van der Waals surface area contributed by atoms with Crippen molar-refractivity contribution in [2.45, 2.75) is 26.3 Å². The normalized spacial score (nSPS) is 11.7. The fraction of sp³-hybridized carbons (Fsp3) is 0.316. The van der Waals surface area contributed by atoms with E-state index in [0.29, 0.717) is 6.61 Å². The first-order valence-corrected chi connectivity index (χ1v) is 8.49. The number of aromatic nitrogens is 1. The van der Waals surface area contributed by atoms with Gasteiger partial charge in [-0.2, -0.15) is 0 Å². The predicted octanol–water partition coefficient (Wildman–Crippen LogP) is 2.01. The number of hydrogen-bond acceptors (Lipinski definition) is 7. The molecule has 2 aromatic rings. The second kappa shape index (κ2) is 9.54. The zero-order chi connectivity index (χ0) is 19.8. The highest BCUT2D eigenvalue weighted by atomic mass is 16.6. The van der Waals surface area contributed by atoms with E-state index < -0.39 is 23.8 Å². The molecule has 0 aliphatic carbocycles. The lowest BCUT2D eigenvalue weighted by atomic mass is 10.1. The van der Waals surface area contributed by atoms with E-state index in [9.17, 15) is 14.7 Å². The lowest BCUT2D eigenvalue weighted by Crippen LogP contribution is -2.45. The Hall–Kier alpha value is -3.13. The van der Waals surface area contributed by atoms with Gasteiger partial charge in [-0.3, -0.25) is 10.1 Å². The van der Waals surface area contributed by atoms with Crippen LogP contribution in [0, 0.1) is 5.92 Å². The van der Waals surface area contributed by atoms with E-state index in [4.69, 9.17) is 15.2 Å². The number of imide groups is 1. The van der Waals surface area contributed by atoms with Gasteiger partial charge in [0.05, 0.1) is 12.6 Å². The number of aromatic hydroxyl groups is 1. The number of amides is 2. The van der Waals surface area contributed by atoms with Gasteiger partial charge in [0.2, 0.25) is 11.7 Å². The van der Waals surface area contributed by atoms with E-state index in [1.54, 1.807) is 0 Å². The number of carbonyl (C=O) groups excluding carboxylic acids is 2. The second-order valence-electron chi connectivity index (χ2n) is 6.34. The first-order valence-electron chi connectivity index (χ1n) is 8.49. The molecule has 0 aliphatic heterocycles. The number of rotatable bonds is 7. The Kier molecular flexibility index (Phi) is 7.13. The second-order valence-corrected chi connectivity index (χ2v) is 6.34. The van der Waals surface area contributed by atoms with Gasteiger partial charge in [-0.05, 0) is 17.9 Å². The minimum atomic E-state index is -1.09. The number of pyridine rings is 1. The highest BCUT2D eigenvalue weighted by Crippen LogP contribution is 2.33. The summed E-state index contributed by atoms with van der Waals surface area (Å²) in [4.78, 5) is 27.7. The maximum Gasteiger partial charge on any atom is 0.420 e. The van der Waals surface area contributed by atoms with Crippen molar-refractivity contribution >= 4 is 12.0 Å². The zero-order valence-electron chi connectivity index (χ0n) is 15.2. The van der Waals surface area contributed by atoms with Gasteiger partial charge in [0.25, 0.3) is 5.88 Å². The molecule has 0 saturated heterocycles. The van der Waals surface area contributed by atoms with Gasteiger partial charge in [0.15, 0.2) is 5.75 Å². The van der Waals surface area contributed by atoms with Crippen molar-refractivity contribution in [1.29, 1.82) is 0 Å². The maximum absolute atomic E-state index is 12.0. The molecule has 0 aliphatic rings. The Morgan fingerprint density at radius 2 is 1.93 bits per heavy atom. The summed E-state index contributed by atoms with van der Waals surface area (Å²) in [6, 6.07) is 9.69. The summed E-state index contributed by atoms with van der Waals surface area (Å²) in [6.45, 7) is 4.27. The summed E-state index contributed by atoms with van der Waals surface area (Å²) >= 11 is 0. The lowest BCUT2D eigenvalue weighted by Gasteiger charge is -2.13. The van der Waals surface area contributed by atoms with Gasteiger partial charge in [0.1, 0.15) is 0 Å². The minimum Gasteiger partial charge on any atom is -0.501 e. The molecule has 4 N–H and O–H groups in total. The molecule has 0 bridgehead atoms. The third kappa shape index (κ3) is 6.27. The molecular formula is C19H23N3O5. The molecule has 2 amide bonds. The van der Waals surface area contributed by atoms with Gasteiger partial charge < -0.3 is 20.3 Å². The monoisotopic (exact) mass is 373 g/mol. The van der Waals surface area contributed by atoms with Crippen LogP contribution >= 0.6 is 0 Å². The van der Waals surface area contributed by atoms with Crippen LogP contribution in [0.25, 0.3) is 0 Å². The molecule has 0 saturated carbocycles. The third-order valence-electron chi connectivity index (χ3n) is 3.48. The van der Waals surface area contributed by atoms with E-state index in [1.165, 1.54) is 12.3 Å². The average Bonchev–Trinajstić information content (AvgIpc) is 2.63. The van der Waals surface area contributed by atoms with Crippen LogP contribution in [0.2, 0.25) is 0 Å². The van der Waals surface area contributed by atoms with Crippen molar-refractivity contribution in [3.05, 3.63) is 48.2 Å². The molecule has 1 aromatic heterocycles. The Bertz CT molecular complexity index is 780. The maximum atomic E-state index is 12.0. The number of nitrogens with one attached hydrogen (secondary N) is 1. The van der Waals surface area contributed by atoms with Gasteiger partial charge in [-0.15, -0.1) is 0 Å². The van der Waals surface area contributed by atoms with Crippen LogP contribution in [0.4, 0.5) is 4.79 Å². The fourth-order valence-corrected chi connectivity index (χ4v) is 2.13. The predicted molar refractivity (Wildman–Crippen MR) is 98.5 cm³/mol. The molecule has 8 nitrogen and oxygen atoms in total. The Labute approximate surface area is 157 Å². The number of benzene rings is 1. The van der Waals surface area contributed by atoms with Crippen molar-refractivity contribution in [2.24, 2.45) is 11.7 Å². The van der Waals surface area contributed by atoms with Crippen molar-refractivity contribution in [3.63, 3.8) is 0 Å². The quantitative estimate of drug-likeness (QED) is 0.678. The van der Waals surface area contributed by atoms with Gasteiger partial charge in [0, 0.05) is 12.3 Å². The van der Waals surface area contributed by atoms with Crippen LogP contribution in [-0.4, -0.2) is 34.7 Å². The van der Waals surface area contributed by atoms with Crippen LogP contribution < -0.4 is 20.5 Å². The molecule has 27 heavy (non-hydrogen) atoms. The van der Waals surface area contributed by atoms with E-state index in [2.05, 4.69) is 4.98 Å². The molecule has 1 aromatic carbocycles. The van der Waals surface area contributed by atoms with E-state index in [0.717, 1.165) is 5.56 Å². The Morgan fingerprint density at radius 1 is 1.22 bits per heavy atom. The van der Waals surface area contributed by atoms with Gasteiger partial charge in [-0.1, -0.05) is 44.2 Å². The molecule has 0 unspecified atom stereocenters. The lowest BCUT2D eigenvalue weighted by molar-refractivity contribution is -0.121. The third-order valence-corrected chi connectivity index (χ3v) is 3.48. The van der Waals surface area contributed by atoms with Gasteiger partial charge in [-0.25, -0.2) is 9.78 Å². The minimum absolute atomic E-state index is 0.133. The van der Waals surface area contributed by atoms with Gasteiger partial charge >= 0.3 is 6.09 Å². The van der Waals surface area contributed by atoms with E-state index in [-0.39, 0.29) is 24.0 Å². The summed E-state index contributed by atoms with van der Waals surface area (Å²) in [7, 11) is 0. The van der Waals surface area contributed by atoms with Crippen LogP contribution in [0.15, 0.2) is 42.6 Å². The van der Waals surface area contributed by atoms with E-state index in [1.807, 2.05) is 49.5 Å². The van der Waals surface area contributed by atoms with Crippen LogP contribution in [0.3, 0.4) is 0 Å². The standard InChI is InChI=1S/C19H23N3O5/c1-12(2)11-26-15-8-9-21-18(16(15)23)27-19(25)22-17(24)14(20)10-13-6-4-3-5-7-13/h3-9,12,14,23H,10-11,20H2,1-2H3,(H,22,24,25)/t14-/m1/s1. The molecule has 0 fully saturated rings. The number of carbonyl (C=O) groups is 2. The van der Waals surface area contributed by atoms with Crippen molar-refractivity contribution < 1.29 is 24.2 Å². The Morgan fingerprint density at radius 3 is 2.59 bits per heavy atom. The fourth-order valence-electron chi connectivity index (χ4n) is 2.13. The summed E-state index contributed by atoms with van der Waals surface area (Å²) in [6.07, 6.45) is 0.496. The van der Waals surface area contributed by atoms with Crippen LogP contribution in [0.5, 0.6) is 17.4 Å². The molecular weight excluding hydrogens is 350 g/mol. The van der Waals surface area contributed by atoms with Crippen molar-refractivity contribution in [1.82, 2.24) is 10.3 Å². The van der Waals surface area contributed by atoms with E-state index >= 15 is 0 Å². The van der Waals surface area contributed by atoms with Crippen LogP contribution in [-0.2, 0) is 11.2 Å². The highest BCUT2D eigenvalue weighted by molar-refractivity contribution is 5.95. The molecule has 1 atom stereocenters. The van der Waals surface area contributed by atoms with Crippen molar-refractivity contribution in [2.75, 3.05) is 6.61 Å². The molecule has 0 spiro atoms. The summed E-state index contributed by atoms with van der Waals surface area (Å²) in [5.41, 5.74) is 6.67. The zero-order valence-corrected chi connectivity index (χ0v) is 15.2. The first-order chi connectivity index (χ1) is 12.9. The number of hydrogen-bond donors (Lipinski definition) is 3. The summed E-state index contributed by atoms with van der Waals surface area (Å²) in [5, 5.41) is 12.1. The Balaban J connectivity index is 1.93. The van der Waals surface area contributed by atoms with Crippen LogP contribution in [0.1, 0.15) is 19.4 Å². The largest absolute Gasteiger partial charge is 0.501 e. The molecule has 1 heterocycles. The molecule has 8 heteroatoms. The molecule has 2 rings (SSSR count). The SMILES string of the molecule is CC(C)COc1ccnc(OC(=O)NC(=O)[C@H](N)Cc2ccccc2)c1O. The average molecular weight is 373 g/mol. The number of nitrogens with two attached hydrogens (primary N) is 1. The topological polar surface area (TPSA) is 124 Å². The summed E-state index contributed by atoms with van der Waals surface area (Å²) < 4.78 is 10.3. The van der Waals surface area contributed by atoms with Crippen molar-refractivity contribution in [3.8, 4) is 17.4 Å². The summed E-state index contributed by atoms with van der Waals surface area (Å²) in [5.74, 6) is -1.11. The molecule has 144 valence electrons. The number of nitrogens with zero attached hydrogens (tertiary/aromatic N) is 1. The number of ether oxygens (including phenoxy) is 2. The first kappa shape index (κ1) is 20.2. The highest BCUT2D eigenvalue weighted by Gasteiger charge is 2.20.